The third-order valence-electron chi connectivity index (χ3n) is 2.65. The lowest BCUT2D eigenvalue weighted by Crippen LogP contribution is -1.92. The summed E-state index contributed by atoms with van der Waals surface area (Å²) in [5.74, 6) is 1.42. The number of aldehydes is 1. The summed E-state index contributed by atoms with van der Waals surface area (Å²) < 4.78 is 5.29. The molecule has 2 aromatic rings. The maximum absolute atomic E-state index is 11.1. The molecule has 0 N–H and O–H groups in total. The first-order valence-corrected chi connectivity index (χ1v) is 7.11. The van der Waals surface area contributed by atoms with Crippen LogP contribution in [0, 0.1) is 10.1 Å². The van der Waals surface area contributed by atoms with Crippen LogP contribution in [0.15, 0.2) is 39.6 Å². The van der Waals surface area contributed by atoms with Gasteiger partial charge in [0.15, 0.2) is 12.0 Å². The van der Waals surface area contributed by atoms with Gasteiger partial charge in [-0.3, -0.25) is 14.9 Å². The molecule has 5 nitrogen and oxygen atoms in total. The summed E-state index contributed by atoms with van der Waals surface area (Å²) in [6, 6.07) is 7.99. The van der Waals surface area contributed by atoms with Crippen LogP contribution in [-0.4, -0.2) is 17.0 Å². The fourth-order valence-corrected chi connectivity index (χ4v) is 2.55. The Labute approximate surface area is 120 Å². The van der Waals surface area contributed by atoms with Gasteiger partial charge in [-0.25, -0.2) is 0 Å². The van der Waals surface area contributed by atoms with Crippen molar-refractivity contribution in [2.24, 2.45) is 0 Å². The lowest BCUT2D eigenvalue weighted by atomic mass is 10.1. The molecule has 0 atom stereocenters. The molecule has 0 bridgehead atoms. The zero-order valence-corrected chi connectivity index (χ0v) is 11.7. The average molecular weight is 291 g/mol. The van der Waals surface area contributed by atoms with E-state index in [0.29, 0.717) is 17.6 Å². The van der Waals surface area contributed by atoms with Crippen LogP contribution in [0.2, 0.25) is 0 Å². The Hall–Kier alpha value is -2.08. The highest BCUT2D eigenvalue weighted by molar-refractivity contribution is 7.99. The van der Waals surface area contributed by atoms with Crippen LogP contribution >= 0.6 is 11.8 Å². The molecule has 0 saturated heterocycles. The Balaban J connectivity index is 2.45. The molecule has 20 heavy (non-hydrogen) atoms. The van der Waals surface area contributed by atoms with Gasteiger partial charge in [0, 0.05) is 11.0 Å². The second-order valence-corrected chi connectivity index (χ2v) is 5.27. The van der Waals surface area contributed by atoms with Crippen molar-refractivity contribution in [3.63, 3.8) is 0 Å². The van der Waals surface area contributed by atoms with Gasteiger partial charge in [-0.15, -0.1) is 11.8 Å². The molecule has 6 heteroatoms. The molecule has 0 fully saturated rings. The summed E-state index contributed by atoms with van der Waals surface area (Å²) in [4.78, 5) is 22.2. The summed E-state index contributed by atoms with van der Waals surface area (Å²) >= 11 is 1.63. The zero-order valence-electron chi connectivity index (χ0n) is 10.9. The summed E-state index contributed by atoms with van der Waals surface area (Å²) in [5.41, 5.74) is 0.363. The Morgan fingerprint density at radius 3 is 2.75 bits per heavy atom. The number of carbonyl (C=O) groups excluding carboxylic acids is 1. The van der Waals surface area contributed by atoms with Gasteiger partial charge in [-0.05, 0) is 36.4 Å². The molecule has 1 aromatic carbocycles. The predicted molar refractivity (Wildman–Crippen MR) is 77.2 cm³/mol. The summed E-state index contributed by atoms with van der Waals surface area (Å²) in [7, 11) is 0. The molecule has 1 heterocycles. The van der Waals surface area contributed by atoms with E-state index in [1.54, 1.807) is 30.0 Å². The topological polar surface area (TPSA) is 73.3 Å². The normalized spacial score (nSPS) is 10.4. The third-order valence-corrected chi connectivity index (χ3v) is 3.85. The van der Waals surface area contributed by atoms with Gasteiger partial charge in [-0.1, -0.05) is 6.92 Å². The maximum Gasteiger partial charge on any atom is 0.280 e. The standard InChI is InChI=1S/C14H13NO4S/c1-2-7-20-11-4-5-13(15(17)18)12(8-11)14-6-3-10(9-16)19-14/h3-6,8-9H,2,7H2,1H3. The number of thioether (sulfide) groups is 1. The van der Waals surface area contributed by atoms with E-state index in [1.807, 2.05) is 0 Å². The SMILES string of the molecule is CCCSc1ccc([N+](=O)[O-])c(-c2ccc(C=O)o2)c1. The lowest BCUT2D eigenvalue weighted by molar-refractivity contribution is -0.384. The molecule has 0 aliphatic carbocycles. The molecule has 104 valence electrons. The molecule has 0 saturated carbocycles. The number of nitro benzene ring substituents is 1. The molecule has 0 radical (unpaired) electrons. The minimum absolute atomic E-state index is 0.0300. The van der Waals surface area contributed by atoms with Crippen LogP contribution < -0.4 is 0 Å². The first-order valence-electron chi connectivity index (χ1n) is 6.12. The fraction of sp³-hybridized carbons (Fsp3) is 0.214. The monoisotopic (exact) mass is 291 g/mol. The highest BCUT2D eigenvalue weighted by Crippen LogP contribution is 2.34. The van der Waals surface area contributed by atoms with E-state index >= 15 is 0 Å². The van der Waals surface area contributed by atoms with E-state index in [1.165, 1.54) is 12.1 Å². The minimum Gasteiger partial charge on any atom is -0.453 e. The second-order valence-electron chi connectivity index (χ2n) is 4.10. The highest BCUT2D eigenvalue weighted by Gasteiger charge is 2.18. The molecular formula is C14H13NO4S. The van der Waals surface area contributed by atoms with Crippen molar-refractivity contribution in [2.45, 2.75) is 18.2 Å². The Kier molecular flexibility index (Phi) is 4.57. The van der Waals surface area contributed by atoms with Crippen molar-refractivity contribution in [1.82, 2.24) is 0 Å². The Morgan fingerprint density at radius 2 is 2.15 bits per heavy atom. The Bertz CT molecular complexity index is 636. The number of furan rings is 1. The van der Waals surface area contributed by atoms with E-state index in [2.05, 4.69) is 6.92 Å². The molecule has 0 aliphatic heterocycles. The maximum atomic E-state index is 11.1. The first-order chi connectivity index (χ1) is 9.65. The zero-order chi connectivity index (χ0) is 14.5. The summed E-state index contributed by atoms with van der Waals surface area (Å²) in [5, 5.41) is 11.1. The molecule has 0 unspecified atom stereocenters. The van der Waals surface area contributed by atoms with Gasteiger partial charge < -0.3 is 4.42 Å². The van der Waals surface area contributed by atoms with Crippen molar-refractivity contribution in [3.05, 3.63) is 46.2 Å². The van der Waals surface area contributed by atoms with Gasteiger partial charge >= 0.3 is 0 Å². The number of nitrogens with zero attached hydrogens (tertiary/aromatic N) is 1. The smallest absolute Gasteiger partial charge is 0.280 e. The van der Waals surface area contributed by atoms with Crippen LogP contribution in [0.3, 0.4) is 0 Å². The number of hydrogen-bond acceptors (Lipinski definition) is 5. The number of hydrogen-bond donors (Lipinski definition) is 0. The minimum atomic E-state index is -0.452. The van der Waals surface area contributed by atoms with E-state index in [-0.39, 0.29) is 11.4 Å². The number of rotatable bonds is 6. The van der Waals surface area contributed by atoms with Gasteiger partial charge in [0.05, 0.1) is 10.5 Å². The van der Waals surface area contributed by atoms with Crippen molar-refractivity contribution >= 4 is 23.7 Å². The summed E-state index contributed by atoms with van der Waals surface area (Å²) in [6.07, 6.45) is 1.60. The van der Waals surface area contributed by atoms with E-state index in [9.17, 15) is 14.9 Å². The third kappa shape index (κ3) is 3.08. The van der Waals surface area contributed by atoms with Gasteiger partial charge in [0.25, 0.3) is 5.69 Å². The fourth-order valence-electron chi connectivity index (χ4n) is 1.74. The summed E-state index contributed by atoms with van der Waals surface area (Å²) in [6.45, 7) is 2.07. The molecule has 0 aliphatic rings. The van der Waals surface area contributed by atoms with Crippen LogP contribution in [0.25, 0.3) is 11.3 Å². The lowest BCUT2D eigenvalue weighted by Gasteiger charge is -2.04. The van der Waals surface area contributed by atoms with Crippen LogP contribution in [0.4, 0.5) is 5.69 Å². The second kappa shape index (κ2) is 6.38. The largest absolute Gasteiger partial charge is 0.453 e. The van der Waals surface area contributed by atoms with E-state index < -0.39 is 4.92 Å². The van der Waals surface area contributed by atoms with Gasteiger partial charge in [0.1, 0.15) is 5.76 Å². The number of benzene rings is 1. The van der Waals surface area contributed by atoms with E-state index in [4.69, 9.17) is 4.42 Å². The molecular weight excluding hydrogens is 278 g/mol. The molecule has 0 spiro atoms. The Morgan fingerprint density at radius 1 is 1.35 bits per heavy atom. The van der Waals surface area contributed by atoms with Gasteiger partial charge in [-0.2, -0.15) is 0 Å². The highest BCUT2D eigenvalue weighted by atomic mass is 32.2. The van der Waals surface area contributed by atoms with Crippen molar-refractivity contribution in [1.29, 1.82) is 0 Å². The van der Waals surface area contributed by atoms with Crippen molar-refractivity contribution in [3.8, 4) is 11.3 Å². The predicted octanol–water partition coefficient (Wildman–Crippen LogP) is 4.17. The quantitative estimate of drug-likeness (QED) is 0.345. The van der Waals surface area contributed by atoms with Crippen LogP contribution in [-0.2, 0) is 0 Å². The molecule has 1 aromatic heterocycles. The van der Waals surface area contributed by atoms with Crippen LogP contribution in [0.5, 0.6) is 0 Å². The van der Waals surface area contributed by atoms with E-state index in [0.717, 1.165) is 17.1 Å². The van der Waals surface area contributed by atoms with Gasteiger partial charge in [0.2, 0.25) is 0 Å². The molecule has 0 amide bonds. The first kappa shape index (κ1) is 14.3. The average Bonchev–Trinajstić information content (AvgIpc) is 2.93. The number of nitro groups is 1. The number of carbonyl (C=O) groups is 1. The van der Waals surface area contributed by atoms with Crippen molar-refractivity contribution in [2.75, 3.05) is 5.75 Å². The van der Waals surface area contributed by atoms with Crippen LogP contribution in [0.1, 0.15) is 23.9 Å². The van der Waals surface area contributed by atoms with Crippen molar-refractivity contribution < 1.29 is 14.1 Å². The molecule has 2 rings (SSSR count).